The summed E-state index contributed by atoms with van der Waals surface area (Å²) < 4.78 is 19.2. The maximum absolute atomic E-state index is 10.7. The van der Waals surface area contributed by atoms with Gasteiger partial charge in [-0.3, -0.25) is 4.40 Å². The second-order valence-electron chi connectivity index (χ2n) is 9.73. The van der Waals surface area contributed by atoms with E-state index in [1.165, 1.54) is 0 Å². The first kappa shape index (κ1) is 26.2. The summed E-state index contributed by atoms with van der Waals surface area (Å²) in [5.41, 5.74) is 4.36. The van der Waals surface area contributed by atoms with E-state index in [4.69, 9.17) is 23.9 Å². The van der Waals surface area contributed by atoms with Crippen molar-refractivity contribution in [3.63, 3.8) is 0 Å². The first-order chi connectivity index (χ1) is 19.5. The third kappa shape index (κ3) is 5.10. The number of imidazole rings is 1. The summed E-state index contributed by atoms with van der Waals surface area (Å²) in [5.74, 6) is 0.896. The van der Waals surface area contributed by atoms with Gasteiger partial charge in [0.25, 0.3) is 0 Å². The Morgan fingerprint density at radius 3 is 2.25 bits per heavy atom. The van der Waals surface area contributed by atoms with Crippen molar-refractivity contribution in [1.82, 2.24) is 14.4 Å². The normalized spacial score (nSPS) is 22.9. The van der Waals surface area contributed by atoms with Crippen molar-refractivity contribution >= 4 is 5.65 Å². The lowest BCUT2D eigenvalue weighted by atomic mass is 9.99. The van der Waals surface area contributed by atoms with Gasteiger partial charge in [-0.2, -0.15) is 0 Å². The van der Waals surface area contributed by atoms with Gasteiger partial charge < -0.3 is 34.3 Å². The first-order valence-electron chi connectivity index (χ1n) is 13.0. The SMILES string of the molecule is OC[C@H]1O[C@@H](Oc2c(Cc3ccco3)nc3c(Cc4ccccc4)nc(-c4ccccc4)cn23)[C@H](O)[C@@H](O)[C@H]1O. The van der Waals surface area contributed by atoms with Crippen molar-refractivity contribution in [2.24, 2.45) is 0 Å². The number of fused-ring (bicyclic) bond motifs is 1. The second kappa shape index (κ2) is 11.2. The van der Waals surface area contributed by atoms with E-state index in [9.17, 15) is 20.4 Å². The van der Waals surface area contributed by atoms with Crippen molar-refractivity contribution in [2.75, 3.05) is 6.61 Å². The van der Waals surface area contributed by atoms with Gasteiger partial charge in [-0.25, -0.2) is 9.97 Å². The molecule has 4 N–H and O–H groups in total. The minimum absolute atomic E-state index is 0.254. The van der Waals surface area contributed by atoms with Gasteiger partial charge in [0, 0.05) is 18.2 Å². The minimum Gasteiger partial charge on any atom is -0.469 e. The average molecular weight is 544 g/mol. The predicted molar refractivity (Wildman–Crippen MR) is 144 cm³/mol. The topological polar surface area (TPSA) is 143 Å². The summed E-state index contributed by atoms with van der Waals surface area (Å²) in [7, 11) is 0. The molecule has 0 saturated carbocycles. The number of nitrogens with zero attached hydrogens (tertiary/aromatic N) is 3. The fourth-order valence-electron chi connectivity index (χ4n) is 4.88. The Morgan fingerprint density at radius 2 is 1.55 bits per heavy atom. The summed E-state index contributed by atoms with van der Waals surface area (Å²) in [6.07, 6.45) is -3.04. The van der Waals surface area contributed by atoms with E-state index in [1.54, 1.807) is 22.9 Å². The zero-order chi connectivity index (χ0) is 27.6. The Morgan fingerprint density at radius 1 is 0.800 bits per heavy atom. The summed E-state index contributed by atoms with van der Waals surface area (Å²) in [6.45, 7) is -0.569. The van der Waals surface area contributed by atoms with Crippen LogP contribution >= 0.6 is 0 Å². The van der Waals surface area contributed by atoms with E-state index in [1.807, 2.05) is 66.7 Å². The molecule has 206 valence electrons. The molecule has 10 nitrogen and oxygen atoms in total. The van der Waals surface area contributed by atoms with Gasteiger partial charge in [-0.15, -0.1) is 0 Å². The molecule has 1 aliphatic rings. The lowest BCUT2D eigenvalue weighted by Crippen LogP contribution is -2.60. The Labute approximate surface area is 229 Å². The minimum atomic E-state index is -1.58. The molecule has 0 bridgehead atoms. The highest BCUT2D eigenvalue weighted by molar-refractivity contribution is 5.63. The van der Waals surface area contributed by atoms with Crippen LogP contribution in [0.1, 0.15) is 22.7 Å². The fourth-order valence-corrected chi connectivity index (χ4v) is 4.88. The highest BCUT2D eigenvalue weighted by atomic mass is 16.7. The van der Waals surface area contributed by atoms with Crippen LogP contribution in [-0.4, -0.2) is 72.1 Å². The maximum atomic E-state index is 10.7. The zero-order valence-electron chi connectivity index (χ0n) is 21.4. The van der Waals surface area contributed by atoms with Crippen molar-refractivity contribution in [3.8, 4) is 17.1 Å². The number of benzene rings is 2. The van der Waals surface area contributed by atoms with Gasteiger partial charge in [0.2, 0.25) is 12.2 Å². The number of hydrogen-bond donors (Lipinski definition) is 4. The number of ether oxygens (including phenoxy) is 2. The van der Waals surface area contributed by atoms with Crippen LogP contribution in [0.4, 0.5) is 0 Å². The molecule has 1 fully saturated rings. The largest absolute Gasteiger partial charge is 0.469 e. The van der Waals surface area contributed by atoms with Crippen molar-refractivity contribution < 1.29 is 34.3 Å². The van der Waals surface area contributed by atoms with E-state index in [-0.39, 0.29) is 12.3 Å². The molecule has 0 unspecified atom stereocenters. The Hall–Kier alpha value is -4.06. The molecule has 1 aliphatic heterocycles. The number of aliphatic hydroxyl groups excluding tert-OH is 4. The molecule has 3 aromatic heterocycles. The Balaban J connectivity index is 1.50. The molecule has 0 radical (unpaired) electrons. The maximum Gasteiger partial charge on any atom is 0.231 e. The Kier molecular flexibility index (Phi) is 7.33. The molecular formula is C30H29N3O7. The molecule has 10 heteroatoms. The summed E-state index contributed by atoms with van der Waals surface area (Å²) >= 11 is 0. The fraction of sp³-hybridized carbons (Fsp3) is 0.267. The molecule has 0 spiro atoms. The zero-order valence-corrected chi connectivity index (χ0v) is 21.4. The summed E-state index contributed by atoms with van der Waals surface area (Å²) in [6, 6.07) is 23.2. The summed E-state index contributed by atoms with van der Waals surface area (Å²) in [5, 5.41) is 41.0. The molecular weight excluding hydrogens is 514 g/mol. The number of aliphatic hydroxyl groups is 4. The molecule has 4 heterocycles. The quantitative estimate of drug-likeness (QED) is 0.232. The van der Waals surface area contributed by atoms with E-state index >= 15 is 0 Å². The van der Waals surface area contributed by atoms with Crippen LogP contribution in [0.2, 0.25) is 0 Å². The average Bonchev–Trinajstić information content (AvgIpc) is 3.62. The van der Waals surface area contributed by atoms with E-state index < -0.39 is 37.3 Å². The standard InChI is InChI=1S/C30H29N3O7/c34-17-24-25(35)26(36)27(37)30(39-24)40-29-22(15-20-12-7-13-38-20)32-28-21(14-18-8-3-1-4-9-18)31-23(16-33(28)29)19-10-5-2-6-11-19/h1-13,16,24-27,30,34-37H,14-15,17H2/t24-,25+,26+,27-,30+/m1/s1. The lowest BCUT2D eigenvalue weighted by molar-refractivity contribution is -0.278. The van der Waals surface area contributed by atoms with E-state index in [2.05, 4.69) is 0 Å². The number of aromatic nitrogens is 3. The van der Waals surface area contributed by atoms with E-state index in [0.29, 0.717) is 34.9 Å². The highest BCUT2D eigenvalue weighted by Gasteiger charge is 2.45. The van der Waals surface area contributed by atoms with Crippen LogP contribution in [0.15, 0.2) is 89.7 Å². The predicted octanol–water partition coefficient (Wildman–Crippen LogP) is 2.35. The second-order valence-corrected chi connectivity index (χ2v) is 9.73. The molecule has 1 saturated heterocycles. The molecule has 0 aliphatic carbocycles. The van der Waals surface area contributed by atoms with Crippen molar-refractivity contribution in [1.29, 1.82) is 0 Å². The van der Waals surface area contributed by atoms with Crippen LogP contribution in [0.25, 0.3) is 16.9 Å². The number of rotatable bonds is 8. The van der Waals surface area contributed by atoms with Gasteiger partial charge in [0.1, 0.15) is 35.9 Å². The third-order valence-corrected chi connectivity index (χ3v) is 6.98. The monoisotopic (exact) mass is 543 g/mol. The molecule has 40 heavy (non-hydrogen) atoms. The van der Waals surface area contributed by atoms with Crippen molar-refractivity contribution in [3.05, 3.63) is 108 Å². The van der Waals surface area contributed by atoms with Gasteiger partial charge in [-0.05, 0) is 17.7 Å². The first-order valence-corrected chi connectivity index (χ1v) is 13.0. The molecule has 5 atom stereocenters. The van der Waals surface area contributed by atoms with Crippen LogP contribution in [0.3, 0.4) is 0 Å². The van der Waals surface area contributed by atoms with Crippen molar-refractivity contribution in [2.45, 2.75) is 43.5 Å². The van der Waals surface area contributed by atoms with Gasteiger partial charge in [0.15, 0.2) is 5.65 Å². The highest BCUT2D eigenvalue weighted by Crippen LogP contribution is 2.32. The lowest BCUT2D eigenvalue weighted by Gasteiger charge is -2.39. The number of furan rings is 1. The van der Waals surface area contributed by atoms with Crippen LogP contribution in [-0.2, 0) is 17.6 Å². The van der Waals surface area contributed by atoms with E-state index in [0.717, 1.165) is 11.1 Å². The number of hydrogen-bond acceptors (Lipinski definition) is 9. The third-order valence-electron chi connectivity index (χ3n) is 6.98. The molecule has 2 aromatic carbocycles. The van der Waals surface area contributed by atoms with Gasteiger partial charge in [-0.1, -0.05) is 60.7 Å². The molecule has 6 rings (SSSR count). The Bertz CT molecular complexity index is 1560. The molecule has 0 amide bonds. The smallest absolute Gasteiger partial charge is 0.231 e. The van der Waals surface area contributed by atoms with Crippen LogP contribution in [0, 0.1) is 0 Å². The van der Waals surface area contributed by atoms with Gasteiger partial charge >= 0.3 is 0 Å². The van der Waals surface area contributed by atoms with Crippen LogP contribution in [0.5, 0.6) is 5.88 Å². The van der Waals surface area contributed by atoms with Gasteiger partial charge in [0.05, 0.1) is 30.7 Å². The molecule has 5 aromatic rings. The summed E-state index contributed by atoms with van der Waals surface area (Å²) in [4.78, 5) is 9.88. The van der Waals surface area contributed by atoms with Crippen LogP contribution < -0.4 is 4.74 Å².